The third-order valence-electron chi connectivity index (χ3n) is 2.14. The van der Waals surface area contributed by atoms with Crippen LogP contribution < -0.4 is 11.5 Å². The molecule has 73 valence electrons. The molecule has 1 heterocycles. The van der Waals surface area contributed by atoms with Crippen molar-refractivity contribution in [2.75, 3.05) is 13.1 Å². The molecule has 13 heavy (non-hydrogen) atoms. The van der Waals surface area contributed by atoms with E-state index in [-0.39, 0.29) is 12.6 Å². The summed E-state index contributed by atoms with van der Waals surface area (Å²) in [5.74, 6) is -0.814. The maximum atomic E-state index is 11.0. The number of hydrogen-bond acceptors (Lipinski definition) is 3. The number of primary amides is 2. The van der Waals surface area contributed by atoms with Crippen LogP contribution in [0.2, 0.25) is 0 Å². The van der Waals surface area contributed by atoms with Gasteiger partial charge in [-0.1, -0.05) is 0 Å². The van der Waals surface area contributed by atoms with Gasteiger partial charge >= 0.3 is 0 Å². The van der Waals surface area contributed by atoms with Crippen molar-refractivity contribution in [3.05, 3.63) is 6.42 Å². The number of rotatable bonds is 3. The molecule has 1 saturated heterocycles. The van der Waals surface area contributed by atoms with Gasteiger partial charge in [0.1, 0.15) is 0 Å². The van der Waals surface area contributed by atoms with E-state index in [2.05, 4.69) is 0 Å². The van der Waals surface area contributed by atoms with E-state index in [0.717, 1.165) is 6.42 Å². The molecular weight excluding hydrogens is 170 g/mol. The van der Waals surface area contributed by atoms with Crippen molar-refractivity contribution in [3.8, 4) is 0 Å². The molecule has 0 bridgehead atoms. The second kappa shape index (κ2) is 4.23. The first-order valence-corrected chi connectivity index (χ1v) is 4.24. The summed E-state index contributed by atoms with van der Waals surface area (Å²) in [5, 5.41) is 0. The van der Waals surface area contributed by atoms with Crippen molar-refractivity contribution in [1.82, 2.24) is 4.90 Å². The van der Waals surface area contributed by atoms with Gasteiger partial charge in [0.05, 0.1) is 12.6 Å². The molecule has 5 heteroatoms. The van der Waals surface area contributed by atoms with E-state index in [1.807, 2.05) is 6.42 Å². The Balaban J connectivity index is 2.56. The molecule has 1 rings (SSSR count). The van der Waals surface area contributed by atoms with Crippen LogP contribution in [0.5, 0.6) is 0 Å². The van der Waals surface area contributed by atoms with Crippen LogP contribution in [-0.2, 0) is 9.59 Å². The third kappa shape index (κ3) is 2.69. The molecule has 1 aliphatic rings. The van der Waals surface area contributed by atoms with Crippen LogP contribution in [0.4, 0.5) is 0 Å². The number of hydrogen-bond donors (Lipinski definition) is 2. The highest BCUT2D eigenvalue weighted by molar-refractivity contribution is 5.82. The van der Waals surface area contributed by atoms with Crippen LogP contribution in [-0.4, -0.2) is 35.8 Å². The van der Waals surface area contributed by atoms with Crippen LogP contribution in [0.25, 0.3) is 0 Å². The highest BCUT2D eigenvalue weighted by Gasteiger charge is 2.27. The third-order valence-corrected chi connectivity index (χ3v) is 2.14. The molecule has 0 aliphatic carbocycles. The van der Waals surface area contributed by atoms with Crippen LogP contribution >= 0.6 is 0 Å². The first kappa shape index (κ1) is 9.98. The van der Waals surface area contributed by atoms with Gasteiger partial charge in [-0.05, 0) is 25.8 Å². The minimum Gasteiger partial charge on any atom is -0.369 e. The number of carbonyl (C=O) groups is 2. The van der Waals surface area contributed by atoms with Crippen LogP contribution in [0, 0.1) is 6.42 Å². The first-order valence-electron chi connectivity index (χ1n) is 4.24. The number of nitrogens with zero attached hydrogens (tertiary/aromatic N) is 1. The van der Waals surface area contributed by atoms with Crippen LogP contribution in [0.3, 0.4) is 0 Å². The van der Waals surface area contributed by atoms with E-state index in [0.29, 0.717) is 13.0 Å². The Labute approximate surface area is 77.1 Å². The minimum atomic E-state index is -0.423. The summed E-state index contributed by atoms with van der Waals surface area (Å²) < 4.78 is 0. The average Bonchev–Trinajstić information content (AvgIpc) is 2.03. The zero-order valence-electron chi connectivity index (χ0n) is 7.40. The normalized spacial score (nSPS) is 24.2. The van der Waals surface area contributed by atoms with Crippen molar-refractivity contribution in [3.63, 3.8) is 0 Å². The van der Waals surface area contributed by atoms with Gasteiger partial charge in [0.2, 0.25) is 11.8 Å². The molecule has 1 aliphatic heterocycles. The monoisotopic (exact) mass is 184 g/mol. The Hall–Kier alpha value is -1.10. The summed E-state index contributed by atoms with van der Waals surface area (Å²) in [6, 6.07) is -0.360. The highest BCUT2D eigenvalue weighted by Crippen LogP contribution is 2.14. The van der Waals surface area contributed by atoms with E-state index < -0.39 is 11.8 Å². The predicted octanol–water partition coefficient (Wildman–Crippen LogP) is -1.37. The maximum Gasteiger partial charge on any atom is 0.234 e. The quantitative estimate of drug-likeness (QED) is 0.566. The zero-order valence-corrected chi connectivity index (χ0v) is 7.40. The molecular formula is C8H14N3O2. The second-order valence-electron chi connectivity index (χ2n) is 3.17. The Morgan fingerprint density at radius 2 is 2.15 bits per heavy atom. The second-order valence-corrected chi connectivity index (χ2v) is 3.17. The van der Waals surface area contributed by atoms with Crippen molar-refractivity contribution >= 4 is 11.8 Å². The summed E-state index contributed by atoms with van der Waals surface area (Å²) in [6.07, 6.45) is 3.49. The maximum absolute atomic E-state index is 11.0. The summed E-state index contributed by atoms with van der Waals surface area (Å²) in [6.45, 7) is 0.790. The summed E-state index contributed by atoms with van der Waals surface area (Å²) >= 11 is 0. The number of carbonyl (C=O) groups excluding carboxylic acids is 2. The van der Waals surface area contributed by atoms with Gasteiger partial charge in [-0.25, -0.2) is 0 Å². The fourth-order valence-corrected chi connectivity index (χ4v) is 1.52. The lowest BCUT2D eigenvalue weighted by Crippen LogP contribution is -2.50. The molecule has 1 radical (unpaired) electrons. The fraction of sp³-hybridized carbons (Fsp3) is 0.625. The Bertz CT molecular complexity index is 217. The molecule has 1 fully saturated rings. The SMILES string of the molecule is NC(=O)CN1CC[CH]CC1C(N)=O. The van der Waals surface area contributed by atoms with Crippen molar-refractivity contribution in [1.29, 1.82) is 0 Å². The molecule has 2 amide bonds. The molecule has 0 aromatic rings. The van der Waals surface area contributed by atoms with E-state index in [1.165, 1.54) is 0 Å². The summed E-state index contributed by atoms with van der Waals surface area (Å²) in [7, 11) is 0. The fourth-order valence-electron chi connectivity index (χ4n) is 1.52. The number of piperidine rings is 1. The molecule has 1 atom stereocenters. The topological polar surface area (TPSA) is 89.4 Å². The lowest BCUT2D eigenvalue weighted by atomic mass is 10.0. The Morgan fingerprint density at radius 3 is 2.69 bits per heavy atom. The highest BCUT2D eigenvalue weighted by atomic mass is 16.2. The summed E-state index contributed by atoms with van der Waals surface area (Å²) in [5.41, 5.74) is 10.2. The van der Waals surface area contributed by atoms with Crippen molar-refractivity contribution in [2.24, 2.45) is 11.5 Å². The largest absolute Gasteiger partial charge is 0.369 e. The van der Waals surface area contributed by atoms with E-state index >= 15 is 0 Å². The Morgan fingerprint density at radius 1 is 1.46 bits per heavy atom. The van der Waals surface area contributed by atoms with E-state index in [9.17, 15) is 9.59 Å². The molecule has 4 N–H and O–H groups in total. The lowest BCUT2D eigenvalue weighted by molar-refractivity contribution is -0.126. The number of amides is 2. The molecule has 5 nitrogen and oxygen atoms in total. The van der Waals surface area contributed by atoms with Gasteiger partial charge < -0.3 is 11.5 Å². The van der Waals surface area contributed by atoms with E-state index in [1.54, 1.807) is 4.90 Å². The van der Waals surface area contributed by atoms with E-state index in [4.69, 9.17) is 11.5 Å². The van der Waals surface area contributed by atoms with Crippen LogP contribution in [0.1, 0.15) is 12.8 Å². The molecule has 0 aromatic heterocycles. The van der Waals surface area contributed by atoms with Gasteiger partial charge in [0.15, 0.2) is 0 Å². The molecule has 1 unspecified atom stereocenters. The minimum absolute atomic E-state index is 0.113. The summed E-state index contributed by atoms with van der Waals surface area (Å²) in [4.78, 5) is 23.3. The van der Waals surface area contributed by atoms with Crippen molar-refractivity contribution in [2.45, 2.75) is 18.9 Å². The van der Waals surface area contributed by atoms with Gasteiger partial charge in [-0.15, -0.1) is 0 Å². The first-order chi connectivity index (χ1) is 6.11. The zero-order chi connectivity index (χ0) is 9.84. The Kier molecular flexibility index (Phi) is 3.25. The number of likely N-dealkylation sites (tertiary alicyclic amines) is 1. The smallest absolute Gasteiger partial charge is 0.234 e. The standard InChI is InChI=1S/C8H14N3O2/c9-7(12)5-11-4-2-1-3-6(11)8(10)13/h1,6H,2-5H2,(H2,9,12)(H2,10,13). The molecule has 0 spiro atoms. The predicted molar refractivity (Wildman–Crippen MR) is 47.3 cm³/mol. The van der Waals surface area contributed by atoms with Gasteiger partial charge in [-0.3, -0.25) is 14.5 Å². The molecule has 0 aromatic carbocycles. The molecule has 0 saturated carbocycles. The van der Waals surface area contributed by atoms with Gasteiger partial charge in [-0.2, -0.15) is 0 Å². The number of nitrogens with two attached hydrogens (primary N) is 2. The average molecular weight is 184 g/mol. The van der Waals surface area contributed by atoms with Gasteiger partial charge in [0.25, 0.3) is 0 Å². The van der Waals surface area contributed by atoms with Crippen LogP contribution in [0.15, 0.2) is 0 Å². The van der Waals surface area contributed by atoms with Crippen molar-refractivity contribution < 1.29 is 9.59 Å². The van der Waals surface area contributed by atoms with Gasteiger partial charge in [0, 0.05) is 0 Å². The lowest BCUT2D eigenvalue weighted by Gasteiger charge is -2.32.